The highest BCUT2D eigenvalue weighted by molar-refractivity contribution is 7.92. The third-order valence-corrected chi connectivity index (χ3v) is 6.19. The van der Waals surface area contributed by atoms with Gasteiger partial charge in [0.2, 0.25) is 0 Å². The van der Waals surface area contributed by atoms with Crippen molar-refractivity contribution in [2.75, 3.05) is 0 Å². The maximum absolute atomic E-state index is 13.2. The first-order valence-corrected chi connectivity index (χ1v) is 10.6. The van der Waals surface area contributed by atoms with Gasteiger partial charge in [-0.15, -0.1) is 0 Å². The molecule has 0 atom stereocenters. The van der Waals surface area contributed by atoms with Crippen molar-refractivity contribution in [3.05, 3.63) is 56.7 Å². The van der Waals surface area contributed by atoms with Crippen molar-refractivity contribution in [1.82, 2.24) is 19.6 Å². The first-order valence-electron chi connectivity index (χ1n) is 8.79. The zero-order chi connectivity index (χ0) is 23.3. The monoisotopic (exact) mass is 476 g/mol. The van der Waals surface area contributed by atoms with Crippen molar-refractivity contribution in [3.63, 3.8) is 0 Å². The van der Waals surface area contributed by atoms with Gasteiger partial charge in [0.25, 0.3) is 9.84 Å². The number of nitrogens with zero attached hydrogens (tertiary/aromatic N) is 4. The lowest BCUT2D eigenvalue weighted by molar-refractivity contribution is -0.0436. The normalized spacial score (nSPS) is 12.4. The van der Waals surface area contributed by atoms with Crippen LogP contribution in [0, 0.1) is 13.8 Å². The van der Waals surface area contributed by atoms with E-state index in [0.29, 0.717) is 0 Å². The molecule has 0 spiro atoms. The second kappa shape index (κ2) is 7.68. The molecule has 0 aliphatic heterocycles. The Hall–Kier alpha value is -2.86. The molecule has 2 heterocycles. The molecule has 0 bridgehead atoms. The maximum atomic E-state index is 13.2. The number of halogens is 4. The van der Waals surface area contributed by atoms with E-state index in [2.05, 4.69) is 10.2 Å². The summed E-state index contributed by atoms with van der Waals surface area (Å²) in [6.07, 6.45) is 1.56. The molecule has 0 aliphatic rings. The van der Waals surface area contributed by atoms with E-state index < -0.39 is 31.5 Å². The maximum Gasteiger partial charge on any atom is 0.501 e. The van der Waals surface area contributed by atoms with Crippen LogP contribution in [-0.4, -0.2) is 38.6 Å². The zero-order valence-corrected chi connectivity index (χ0v) is 18.0. The number of hydrogen-bond donors (Lipinski definition) is 1. The lowest BCUT2D eigenvalue weighted by Gasteiger charge is -2.17. The average Bonchev–Trinajstić information content (AvgIpc) is 3.07. The van der Waals surface area contributed by atoms with E-state index in [4.69, 9.17) is 11.6 Å². The van der Waals surface area contributed by atoms with E-state index in [1.54, 1.807) is 6.92 Å². The van der Waals surface area contributed by atoms with E-state index in [9.17, 15) is 31.5 Å². The van der Waals surface area contributed by atoms with Crippen molar-refractivity contribution in [3.8, 4) is 17.1 Å². The van der Waals surface area contributed by atoms with Gasteiger partial charge in [-0.1, -0.05) is 18.5 Å². The summed E-state index contributed by atoms with van der Waals surface area (Å²) in [7, 11) is -5.58. The fourth-order valence-corrected chi connectivity index (χ4v) is 4.18. The van der Waals surface area contributed by atoms with Crippen LogP contribution >= 0.6 is 11.6 Å². The third kappa shape index (κ3) is 3.81. The van der Waals surface area contributed by atoms with Gasteiger partial charge < -0.3 is 5.11 Å². The summed E-state index contributed by atoms with van der Waals surface area (Å²) in [5.74, 6) is -0.421. The Kier molecular flexibility index (Phi) is 5.65. The minimum absolute atomic E-state index is 0.0642. The number of aromatic hydroxyl groups is 1. The zero-order valence-electron chi connectivity index (χ0n) is 16.4. The van der Waals surface area contributed by atoms with Crippen molar-refractivity contribution in [2.24, 2.45) is 0 Å². The number of aryl methyl sites for hydroxylation is 3. The Bertz CT molecular complexity index is 1320. The number of rotatable bonds is 4. The Morgan fingerprint density at radius 3 is 2.16 bits per heavy atom. The number of aromatic nitrogens is 4. The van der Waals surface area contributed by atoms with Crippen LogP contribution in [0.25, 0.3) is 11.4 Å². The van der Waals surface area contributed by atoms with Crippen LogP contribution in [0.5, 0.6) is 5.75 Å². The Morgan fingerprint density at radius 2 is 1.71 bits per heavy atom. The average molecular weight is 477 g/mol. The summed E-state index contributed by atoms with van der Waals surface area (Å²) < 4.78 is 64.4. The molecule has 31 heavy (non-hydrogen) atoms. The molecule has 3 rings (SSSR count). The molecule has 0 fully saturated rings. The molecule has 166 valence electrons. The van der Waals surface area contributed by atoms with Crippen LogP contribution in [0.3, 0.4) is 0 Å². The Morgan fingerprint density at radius 1 is 1.13 bits per heavy atom. The van der Waals surface area contributed by atoms with Crippen LogP contribution < -0.4 is 5.56 Å². The van der Waals surface area contributed by atoms with Gasteiger partial charge in [0, 0.05) is 6.20 Å². The summed E-state index contributed by atoms with van der Waals surface area (Å²) in [6.45, 7) is 4.39. The second-order valence-corrected chi connectivity index (χ2v) is 8.98. The van der Waals surface area contributed by atoms with Gasteiger partial charge in [-0.05, 0) is 49.6 Å². The standard InChI is InChI=1S/C18H16ClF3N4O4S/c1-4-12-16(27)15(25-6-5-13(19)24-25)17(28)26(23-12)14-9(2)7-11(8-10(14)3)31(29,30)18(20,21)22/h5-8,27H,4H2,1-3H3. The SMILES string of the molecule is CCc1nn(-c2c(C)cc(S(=O)(=O)C(F)(F)F)cc2C)c(=O)c(-n2ccc(Cl)n2)c1O. The van der Waals surface area contributed by atoms with Crippen molar-refractivity contribution in [1.29, 1.82) is 0 Å². The van der Waals surface area contributed by atoms with Gasteiger partial charge in [-0.25, -0.2) is 13.1 Å². The molecule has 2 aromatic heterocycles. The van der Waals surface area contributed by atoms with Crippen LogP contribution in [0.2, 0.25) is 5.15 Å². The Balaban J connectivity index is 2.33. The highest BCUT2D eigenvalue weighted by Crippen LogP contribution is 2.33. The highest BCUT2D eigenvalue weighted by atomic mass is 35.5. The fraction of sp³-hybridized carbons (Fsp3) is 0.278. The molecular formula is C18H16ClF3N4O4S. The summed E-state index contributed by atoms with van der Waals surface area (Å²) >= 11 is 5.81. The highest BCUT2D eigenvalue weighted by Gasteiger charge is 2.47. The van der Waals surface area contributed by atoms with Crippen molar-refractivity contribution >= 4 is 21.4 Å². The second-order valence-electron chi connectivity index (χ2n) is 6.65. The molecule has 13 heteroatoms. The van der Waals surface area contributed by atoms with E-state index in [1.807, 2.05) is 0 Å². The van der Waals surface area contributed by atoms with E-state index in [-0.39, 0.29) is 39.8 Å². The number of hydrogen-bond acceptors (Lipinski definition) is 6. The summed E-state index contributed by atoms with van der Waals surface area (Å²) in [4.78, 5) is 12.2. The quantitative estimate of drug-likeness (QED) is 0.619. The number of alkyl halides is 3. The Labute approximate surface area is 179 Å². The number of benzene rings is 1. The first kappa shape index (κ1) is 22.8. The summed E-state index contributed by atoms with van der Waals surface area (Å²) in [5.41, 5.74) is -6.23. The molecule has 3 aromatic rings. The van der Waals surface area contributed by atoms with Gasteiger partial charge in [0.15, 0.2) is 16.6 Å². The van der Waals surface area contributed by atoms with E-state index >= 15 is 0 Å². The topological polar surface area (TPSA) is 107 Å². The summed E-state index contributed by atoms with van der Waals surface area (Å²) in [6, 6.07) is 3.04. The summed E-state index contributed by atoms with van der Waals surface area (Å²) in [5, 5.41) is 18.6. The fourth-order valence-electron chi connectivity index (χ4n) is 3.11. The van der Waals surface area contributed by atoms with Crippen LogP contribution in [0.1, 0.15) is 23.7 Å². The molecule has 0 unspecified atom stereocenters. The molecule has 0 saturated carbocycles. The number of sulfone groups is 1. The first-order chi connectivity index (χ1) is 14.3. The minimum Gasteiger partial charge on any atom is -0.504 e. The molecule has 0 radical (unpaired) electrons. The molecular weight excluding hydrogens is 461 g/mol. The largest absolute Gasteiger partial charge is 0.504 e. The van der Waals surface area contributed by atoms with Crippen molar-refractivity contribution < 1.29 is 26.7 Å². The van der Waals surface area contributed by atoms with Gasteiger partial charge in [-0.2, -0.15) is 28.1 Å². The van der Waals surface area contributed by atoms with Crippen LogP contribution in [-0.2, 0) is 16.3 Å². The molecule has 0 amide bonds. The van der Waals surface area contributed by atoms with Gasteiger partial charge in [-0.3, -0.25) is 4.79 Å². The van der Waals surface area contributed by atoms with Gasteiger partial charge >= 0.3 is 11.1 Å². The lowest BCUT2D eigenvalue weighted by Crippen LogP contribution is -2.29. The van der Waals surface area contributed by atoms with Crippen LogP contribution in [0.4, 0.5) is 13.2 Å². The predicted molar refractivity (Wildman–Crippen MR) is 106 cm³/mol. The minimum atomic E-state index is -5.58. The molecule has 1 N–H and O–H groups in total. The predicted octanol–water partition coefficient (Wildman–Crippen LogP) is 3.25. The van der Waals surface area contributed by atoms with Crippen LogP contribution in [0.15, 0.2) is 34.1 Å². The molecule has 0 saturated heterocycles. The molecule has 8 nitrogen and oxygen atoms in total. The smallest absolute Gasteiger partial charge is 0.501 e. The van der Waals surface area contributed by atoms with Gasteiger partial charge in [0.05, 0.1) is 10.6 Å². The lowest BCUT2D eigenvalue weighted by atomic mass is 10.1. The molecule has 1 aromatic carbocycles. The molecule has 0 aliphatic carbocycles. The van der Waals surface area contributed by atoms with E-state index in [1.165, 1.54) is 26.1 Å². The van der Waals surface area contributed by atoms with Gasteiger partial charge in [0.1, 0.15) is 5.69 Å². The third-order valence-electron chi connectivity index (χ3n) is 4.53. The van der Waals surface area contributed by atoms with E-state index in [0.717, 1.165) is 21.5 Å². The van der Waals surface area contributed by atoms with Crippen molar-refractivity contribution in [2.45, 2.75) is 37.6 Å².